The number of rotatable bonds is 6. The van der Waals surface area contributed by atoms with Gasteiger partial charge in [0.15, 0.2) is 6.61 Å². The second-order valence-corrected chi connectivity index (χ2v) is 5.42. The molecule has 6 heteroatoms. The quantitative estimate of drug-likeness (QED) is 0.826. The third-order valence-corrected chi connectivity index (χ3v) is 3.36. The fourth-order valence-corrected chi connectivity index (χ4v) is 1.96. The van der Waals surface area contributed by atoms with Crippen LogP contribution < -0.4 is 10.2 Å². The molecule has 0 spiro atoms. The largest absolute Gasteiger partial charge is 0.452 e. The SMILES string of the molecule is CN(C)c1ccc(C(=O)OCC(=O)NCc2ccc(F)cc2)cc1. The zero-order chi connectivity index (χ0) is 17.5. The number of hydrogen-bond donors (Lipinski definition) is 1. The van der Waals surface area contributed by atoms with Gasteiger partial charge in [0, 0.05) is 26.3 Å². The van der Waals surface area contributed by atoms with Crippen LogP contribution in [0.4, 0.5) is 10.1 Å². The summed E-state index contributed by atoms with van der Waals surface area (Å²) in [5.74, 6) is -1.31. The Balaban J connectivity index is 1.78. The number of anilines is 1. The highest BCUT2D eigenvalue weighted by Crippen LogP contribution is 2.12. The van der Waals surface area contributed by atoms with E-state index in [9.17, 15) is 14.0 Å². The fraction of sp³-hybridized carbons (Fsp3) is 0.222. The summed E-state index contributed by atoms with van der Waals surface area (Å²) >= 11 is 0. The molecule has 0 radical (unpaired) electrons. The normalized spacial score (nSPS) is 10.1. The van der Waals surface area contributed by atoms with Crippen LogP contribution in [-0.4, -0.2) is 32.6 Å². The average Bonchev–Trinajstić information content (AvgIpc) is 2.59. The highest BCUT2D eigenvalue weighted by atomic mass is 19.1. The summed E-state index contributed by atoms with van der Waals surface area (Å²) in [7, 11) is 3.80. The van der Waals surface area contributed by atoms with Gasteiger partial charge in [-0.3, -0.25) is 4.79 Å². The van der Waals surface area contributed by atoms with Crippen molar-refractivity contribution in [2.75, 3.05) is 25.6 Å². The molecule has 1 N–H and O–H groups in total. The summed E-state index contributed by atoms with van der Waals surface area (Å²) in [6.07, 6.45) is 0. The van der Waals surface area contributed by atoms with E-state index in [2.05, 4.69) is 5.32 Å². The topological polar surface area (TPSA) is 58.6 Å². The molecular weight excluding hydrogens is 311 g/mol. The van der Waals surface area contributed by atoms with E-state index < -0.39 is 11.9 Å². The Kier molecular flexibility index (Phi) is 5.89. The van der Waals surface area contributed by atoms with E-state index in [0.29, 0.717) is 5.56 Å². The molecule has 0 aliphatic heterocycles. The molecule has 5 nitrogen and oxygen atoms in total. The zero-order valence-corrected chi connectivity index (χ0v) is 13.6. The molecule has 1 amide bonds. The third-order valence-electron chi connectivity index (χ3n) is 3.36. The van der Waals surface area contributed by atoms with E-state index in [-0.39, 0.29) is 19.0 Å². The van der Waals surface area contributed by atoms with E-state index in [4.69, 9.17) is 4.74 Å². The fourth-order valence-electron chi connectivity index (χ4n) is 1.96. The Morgan fingerprint density at radius 2 is 1.67 bits per heavy atom. The van der Waals surface area contributed by atoms with Gasteiger partial charge in [0.2, 0.25) is 0 Å². The van der Waals surface area contributed by atoms with Crippen LogP contribution >= 0.6 is 0 Å². The lowest BCUT2D eigenvalue weighted by molar-refractivity contribution is -0.124. The van der Waals surface area contributed by atoms with Crippen LogP contribution in [0.5, 0.6) is 0 Å². The number of amides is 1. The minimum Gasteiger partial charge on any atom is -0.452 e. The second-order valence-electron chi connectivity index (χ2n) is 5.42. The van der Waals surface area contributed by atoms with E-state index in [1.165, 1.54) is 12.1 Å². The van der Waals surface area contributed by atoms with Crippen molar-refractivity contribution in [1.29, 1.82) is 0 Å². The molecule has 0 saturated carbocycles. The predicted octanol–water partition coefficient (Wildman–Crippen LogP) is 2.36. The van der Waals surface area contributed by atoms with Crippen molar-refractivity contribution in [3.8, 4) is 0 Å². The molecule has 2 aromatic carbocycles. The van der Waals surface area contributed by atoms with Gasteiger partial charge in [-0.05, 0) is 42.0 Å². The summed E-state index contributed by atoms with van der Waals surface area (Å²) < 4.78 is 17.8. The summed E-state index contributed by atoms with van der Waals surface area (Å²) in [4.78, 5) is 25.5. The number of hydrogen-bond acceptors (Lipinski definition) is 4. The molecule has 0 aromatic heterocycles. The first-order valence-electron chi connectivity index (χ1n) is 7.41. The van der Waals surface area contributed by atoms with E-state index in [1.54, 1.807) is 36.4 Å². The summed E-state index contributed by atoms with van der Waals surface area (Å²) in [5, 5.41) is 2.60. The van der Waals surface area contributed by atoms with Gasteiger partial charge in [-0.2, -0.15) is 0 Å². The summed E-state index contributed by atoms with van der Waals surface area (Å²) in [6.45, 7) is -0.121. The van der Waals surface area contributed by atoms with E-state index in [1.807, 2.05) is 19.0 Å². The van der Waals surface area contributed by atoms with E-state index in [0.717, 1.165) is 11.3 Å². The van der Waals surface area contributed by atoms with Gasteiger partial charge in [-0.1, -0.05) is 12.1 Å². The van der Waals surface area contributed by atoms with Gasteiger partial charge < -0.3 is 15.0 Å². The summed E-state index contributed by atoms with van der Waals surface area (Å²) in [5.41, 5.74) is 2.10. The van der Waals surface area contributed by atoms with Crippen LogP contribution in [-0.2, 0) is 16.1 Å². The predicted molar refractivity (Wildman–Crippen MR) is 89.3 cm³/mol. The Labute approximate surface area is 140 Å². The van der Waals surface area contributed by atoms with Crippen LogP contribution in [0.3, 0.4) is 0 Å². The molecule has 0 aliphatic carbocycles. The molecule has 2 rings (SSSR count). The zero-order valence-electron chi connectivity index (χ0n) is 13.6. The lowest BCUT2D eigenvalue weighted by Gasteiger charge is -2.12. The highest BCUT2D eigenvalue weighted by molar-refractivity contribution is 5.91. The lowest BCUT2D eigenvalue weighted by Crippen LogP contribution is -2.28. The van der Waals surface area contributed by atoms with Crippen molar-refractivity contribution in [3.05, 3.63) is 65.5 Å². The Morgan fingerprint density at radius 3 is 2.25 bits per heavy atom. The first-order chi connectivity index (χ1) is 11.5. The smallest absolute Gasteiger partial charge is 0.338 e. The molecule has 0 bridgehead atoms. The molecule has 0 aliphatic rings. The highest BCUT2D eigenvalue weighted by Gasteiger charge is 2.10. The maximum Gasteiger partial charge on any atom is 0.338 e. The summed E-state index contributed by atoms with van der Waals surface area (Å²) in [6, 6.07) is 12.7. The van der Waals surface area contributed by atoms with Gasteiger partial charge in [-0.15, -0.1) is 0 Å². The molecule has 0 heterocycles. The molecule has 2 aromatic rings. The van der Waals surface area contributed by atoms with Crippen molar-refractivity contribution in [2.45, 2.75) is 6.54 Å². The number of nitrogens with zero attached hydrogens (tertiary/aromatic N) is 1. The Hall–Kier alpha value is -2.89. The average molecular weight is 330 g/mol. The van der Waals surface area contributed by atoms with Gasteiger partial charge in [0.1, 0.15) is 5.82 Å². The van der Waals surface area contributed by atoms with Crippen LogP contribution in [0.25, 0.3) is 0 Å². The maximum atomic E-state index is 12.8. The number of halogens is 1. The molecular formula is C18H19FN2O3. The van der Waals surface area contributed by atoms with Crippen molar-refractivity contribution < 1.29 is 18.7 Å². The molecule has 0 saturated heterocycles. The van der Waals surface area contributed by atoms with Gasteiger partial charge in [-0.25, -0.2) is 9.18 Å². The number of nitrogens with one attached hydrogen (secondary N) is 1. The maximum absolute atomic E-state index is 12.8. The van der Waals surface area contributed by atoms with Crippen molar-refractivity contribution in [1.82, 2.24) is 5.32 Å². The third kappa shape index (κ3) is 5.08. The number of carbonyl (C=O) groups is 2. The number of benzene rings is 2. The van der Waals surface area contributed by atoms with Gasteiger partial charge in [0.25, 0.3) is 5.91 Å². The van der Waals surface area contributed by atoms with Crippen molar-refractivity contribution in [3.63, 3.8) is 0 Å². The molecule has 0 fully saturated rings. The lowest BCUT2D eigenvalue weighted by atomic mass is 10.2. The molecule has 126 valence electrons. The minimum atomic E-state index is -0.558. The van der Waals surface area contributed by atoms with Gasteiger partial charge in [0.05, 0.1) is 5.56 Å². The monoisotopic (exact) mass is 330 g/mol. The number of ether oxygens (including phenoxy) is 1. The van der Waals surface area contributed by atoms with Crippen LogP contribution in [0.1, 0.15) is 15.9 Å². The number of esters is 1. The number of carbonyl (C=O) groups excluding carboxylic acids is 2. The molecule has 0 unspecified atom stereocenters. The van der Waals surface area contributed by atoms with Crippen LogP contribution in [0.2, 0.25) is 0 Å². The van der Waals surface area contributed by atoms with Crippen molar-refractivity contribution >= 4 is 17.6 Å². The van der Waals surface area contributed by atoms with E-state index >= 15 is 0 Å². The minimum absolute atomic E-state index is 0.244. The van der Waals surface area contributed by atoms with Crippen molar-refractivity contribution in [2.24, 2.45) is 0 Å². The van der Waals surface area contributed by atoms with Crippen LogP contribution in [0, 0.1) is 5.82 Å². The Bertz CT molecular complexity index is 697. The molecule has 0 atom stereocenters. The standard InChI is InChI=1S/C18H19FN2O3/c1-21(2)16-9-5-14(6-10-16)18(23)24-12-17(22)20-11-13-3-7-15(19)8-4-13/h3-10H,11-12H2,1-2H3,(H,20,22). The van der Waals surface area contributed by atoms with Crippen LogP contribution in [0.15, 0.2) is 48.5 Å². The van der Waals surface area contributed by atoms with Gasteiger partial charge >= 0.3 is 5.97 Å². The second kappa shape index (κ2) is 8.10. The Morgan fingerprint density at radius 1 is 1.04 bits per heavy atom. The molecule has 24 heavy (non-hydrogen) atoms. The first kappa shape index (κ1) is 17.5. The first-order valence-corrected chi connectivity index (χ1v) is 7.41.